The molecular weight excluding hydrogens is 1680 g/mol. The van der Waals surface area contributed by atoms with Crippen LogP contribution in [0.5, 0.6) is 0 Å². The lowest BCUT2D eigenvalue weighted by Crippen LogP contribution is -2.41. The number of fused-ring (bicyclic) bond motifs is 9. The van der Waals surface area contributed by atoms with Crippen molar-refractivity contribution in [2.24, 2.45) is 0 Å². The van der Waals surface area contributed by atoms with E-state index in [2.05, 4.69) is 489 Å². The number of aryl methyl sites for hydroxylation is 4. The van der Waals surface area contributed by atoms with Crippen LogP contribution in [0.4, 0.5) is 51.2 Å². The molecule has 3 fully saturated rings. The molecule has 22 rings (SSSR count). The summed E-state index contributed by atoms with van der Waals surface area (Å²) < 4.78 is 46.8. The molecule has 0 N–H and O–H groups in total. The number of nitrogens with zero attached hydrogens (tertiary/aromatic N) is 3. The number of anilines is 9. The van der Waals surface area contributed by atoms with E-state index in [1.807, 2.05) is 34.0 Å². The van der Waals surface area contributed by atoms with Gasteiger partial charge >= 0.3 is 21.4 Å². The summed E-state index contributed by atoms with van der Waals surface area (Å²) in [6.45, 7) is 34.0. The highest BCUT2D eigenvalue weighted by molar-refractivity contribution is 7.27. The zero-order valence-corrected chi connectivity index (χ0v) is 80.8. The third kappa shape index (κ3) is 17.0. The van der Waals surface area contributed by atoms with Gasteiger partial charge < -0.3 is 42.6 Å². The Bertz CT molecular complexity index is 7390. The summed E-state index contributed by atoms with van der Waals surface area (Å²) in [7, 11) is -1.28. The Kier molecular flexibility index (Phi) is 23.4. The van der Waals surface area contributed by atoms with E-state index in [1.54, 1.807) is 0 Å². The number of hydrogen-bond acceptors (Lipinski definition) is 12. The molecule has 0 unspecified atom stereocenters. The Morgan fingerprint density at radius 3 is 0.827 bits per heavy atom. The van der Waals surface area contributed by atoms with Gasteiger partial charge in [-0.3, -0.25) is 0 Å². The molecule has 3 saturated heterocycles. The zero-order valence-electron chi connectivity index (χ0n) is 78.4. The molecule has 0 amide bonds. The van der Waals surface area contributed by atoms with Crippen molar-refractivity contribution in [3.05, 3.63) is 386 Å². The van der Waals surface area contributed by atoms with Gasteiger partial charge in [0.2, 0.25) is 0 Å². The van der Waals surface area contributed by atoms with Crippen LogP contribution < -0.4 is 31.1 Å². The first-order chi connectivity index (χ1) is 64.0. The second-order valence-corrected chi connectivity index (χ2v) is 41.7. The van der Waals surface area contributed by atoms with Crippen molar-refractivity contribution in [1.29, 1.82) is 0 Å². The van der Waals surface area contributed by atoms with Crippen molar-refractivity contribution in [3.8, 4) is 44.5 Å². The van der Waals surface area contributed by atoms with E-state index in [0.29, 0.717) is 0 Å². The number of para-hydroxylation sites is 6. The maximum Gasteiger partial charge on any atom is 0.494 e. The molecule has 16 aromatic carbocycles. The van der Waals surface area contributed by atoms with Crippen LogP contribution in [-0.4, -0.2) is 55.0 Å². The molecular formula is C118H108B3N3O6S3. The Balaban J connectivity index is 0.000000124. The Morgan fingerprint density at radius 1 is 0.211 bits per heavy atom. The molecule has 0 bridgehead atoms. The summed E-state index contributed by atoms with van der Waals surface area (Å²) in [5, 5.41) is 7.68. The molecule has 19 aromatic rings. The van der Waals surface area contributed by atoms with Gasteiger partial charge in [-0.2, -0.15) is 0 Å². The first kappa shape index (κ1) is 88.5. The fraction of sp³-hybridized carbons (Fsp3) is 0.186. The van der Waals surface area contributed by atoms with Crippen molar-refractivity contribution in [3.63, 3.8) is 0 Å². The van der Waals surface area contributed by atoms with Crippen molar-refractivity contribution in [2.45, 2.75) is 144 Å². The lowest BCUT2D eigenvalue weighted by Gasteiger charge is -2.32. The van der Waals surface area contributed by atoms with Crippen molar-refractivity contribution < 1.29 is 27.9 Å². The number of benzene rings is 16. The first-order valence-corrected chi connectivity index (χ1v) is 48.5. The quantitative estimate of drug-likeness (QED) is 0.0880. The fourth-order valence-corrected chi connectivity index (χ4v) is 22.5. The summed E-state index contributed by atoms with van der Waals surface area (Å²) in [6.07, 6.45) is 0. The zero-order chi connectivity index (χ0) is 92.0. The van der Waals surface area contributed by atoms with E-state index in [0.717, 1.165) is 73.1 Å². The summed E-state index contributed by atoms with van der Waals surface area (Å²) in [4.78, 5) is 7.07. The van der Waals surface area contributed by atoms with E-state index in [4.69, 9.17) is 27.9 Å². The van der Waals surface area contributed by atoms with E-state index in [-0.39, 0.29) is 0 Å². The van der Waals surface area contributed by atoms with Crippen LogP contribution in [0.2, 0.25) is 0 Å². The van der Waals surface area contributed by atoms with E-state index >= 15 is 0 Å². The Morgan fingerprint density at radius 2 is 0.481 bits per heavy atom. The maximum atomic E-state index is 6.55. The number of rotatable bonds is 16. The van der Waals surface area contributed by atoms with Gasteiger partial charge in [0.1, 0.15) is 0 Å². The van der Waals surface area contributed by atoms with Crippen molar-refractivity contribution in [1.82, 2.24) is 0 Å². The minimum Gasteiger partial charge on any atom is -0.399 e. The first-order valence-electron chi connectivity index (χ1n) is 46.1. The molecule has 658 valence electrons. The monoisotopic (exact) mass is 1790 g/mol. The van der Waals surface area contributed by atoms with Crippen LogP contribution >= 0.6 is 34.0 Å². The van der Waals surface area contributed by atoms with Gasteiger partial charge in [0, 0.05) is 128 Å². The van der Waals surface area contributed by atoms with Gasteiger partial charge in [0.25, 0.3) is 0 Å². The third-order valence-electron chi connectivity index (χ3n) is 27.6. The molecule has 6 heterocycles. The van der Waals surface area contributed by atoms with Crippen molar-refractivity contribution in [2.75, 3.05) is 14.7 Å². The number of hydrogen-bond donors (Lipinski definition) is 0. The molecule has 133 heavy (non-hydrogen) atoms. The van der Waals surface area contributed by atoms with Gasteiger partial charge in [0.05, 0.1) is 33.6 Å². The van der Waals surface area contributed by atoms with Crippen LogP contribution in [0.3, 0.4) is 0 Å². The van der Waals surface area contributed by atoms with Crippen LogP contribution in [0, 0.1) is 27.7 Å². The van der Waals surface area contributed by atoms with E-state index in [9.17, 15) is 0 Å². The topological polar surface area (TPSA) is 65.1 Å². The average molecular weight is 1790 g/mol. The maximum absolute atomic E-state index is 6.55. The predicted octanol–water partition coefficient (Wildman–Crippen LogP) is 31.4. The smallest absolute Gasteiger partial charge is 0.399 e. The molecule has 9 nitrogen and oxygen atoms in total. The van der Waals surface area contributed by atoms with Gasteiger partial charge in [-0.15, -0.1) is 34.0 Å². The highest BCUT2D eigenvalue weighted by Gasteiger charge is 2.54. The second kappa shape index (κ2) is 35.2. The highest BCUT2D eigenvalue weighted by Crippen LogP contribution is 2.53. The molecule has 0 radical (unpaired) electrons. The van der Waals surface area contributed by atoms with E-state index in [1.165, 1.54) is 122 Å². The summed E-state index contributed by atoms with van der Waals surface area (Å²) in [5.74, 6) is 0. The third-order valence-corrected chi connectivity index (χ3v) is 31.2. The molecule has 0 atom stereocenters. The van der Waals surface area contributed by atoms with E-state index < -0.39 is 55.0 Å². The lowest BCUT2D eigenvalue weighted by molar-refractivity contribution is 0.00578. The standard InChI is InChI=1S/C43H38BNO2S.C38H36BNO2S.C37H34BNO2S/c1-29-24-31(26-32(25-29)44-46-42(2,3)43(4,5)47-44)37-27-35(45(33-18-11-7-12-19-33)34-20-13-8-14-21-34)28-38-40-36(30-16-9-6-10-17-30)22-15-23-39(40)48-41(37)38;1-25-20-27(22-28(21-25)39-41-37(3,4)38(5,6)42-39)32-23-31(24-33-35-26(2)14-13-19-34(35)43-36(32)33)40(29-15-9-7-10-16-29)30-17-11-8-12-18-30;1-25-20-26(22-27(21-25)38-40-36(2,3)37(4,5)41-38)32-23-30(24-33-31-18-12-13-19-34(31)42-35(32)33)39(28-14-8-6-9-15-28)29-16-10-7-11-17-29/h6-28H,1-5H3;7-24H,1-6H3;6-24H,1-5H3. The highest BCUT2D eigenvalue weighted by atomic mass is 32.1. The molecule has 0 aliphatic carbocycles. The average Bonchev–Trinajstić information content (AvgIpc) is 1.62. The summed E-state index contributed by atoms with van der Waals surface area (Å²) in [6, 6.07) is 131. The number of thiophene rings is 3. The van der Waals surface area contributed by atoms with Gasteiger partial charge in [-0.1, -0.05) is 253 Å². The Hall–Kier alpha value is -12.5. The molecule has 3 aliphatic heterocycles. The summed E-state index contributed by atoms with van der Waals surface area (Å²) in [5.41, 5.74) is 25.2. The van der Waals surface area contributed by atoms with Crippen molar-refractivity contribution >= 4 is 183 Å². The normalized spacial score (nSPS) is 15.7. The van der Waals surface area contributed by atoms with Crippen LogP contribution in [0.15, 0.2) is 364 Å². The van der Waals surface area contributed by atoms with Crippen LogP contribution in [0.1, 0.15) is 105 Å². The van der Waals surface area contributed by atoms with Crippen LogP contribution in [0.25, 0.3) is 105 Å². The minimum absolute atomic E-state index is 0.397. The fourth-order valence-electron chi connectivity index (χ4n) is 18.8. The lowest BCUT2D eigenvalue weighted by atomic mass is 9.77. The molecule has 3 aliphatic rings. The largest absolute Gasteiger partial charge is 0.494 e. The minimum atomic E-state index is -0.440. The SMILES string of the molecule is Cc1cc(B2OC(C)(C)C(C)(C)O2)cc(-c2cc(N(c3ccccc3)c3ccccc3)cc3c2sc2cccc(-c4ccccc4)c23)c1.Cc1cc(B2OC(C)(C)C(C)(C)O2)cc(-c2cc(N(c3ccccc3)c3ccccc3)cc3c2sc2cccc(C)c23)c1.Cc1cc(B2OC(C)(C)C(C)(C)O2)cc(-c2cc(N(c3ccccc3)c3ccccc3)cc3c2sc2ccccc23)c1. The summed E-state index contributed by atoms with van der Waals surface area (Å²) >= 11 is 5.60. The molecule has 15 heteroatoms. The molecule has 0 saturated carbocycles. The van der Waals surface area contributed by atoms with Gasteiger partial charge in [-0.25, -0.2) is 0 Å². The Labute approximate surface area is 795 Å². The molecule has 0 spiro atoms. The van der Waals surface area contributed by atoms with Gasteiger partial charge in [0.15, 0.2) is 0 Å². The van der Waals surface area contributed by atoms with Gasteiger partial charge in [-0.05, 0) is 288 Å². The van der Waals surface area contributed by atoms with Crippen LogP contribution in [-0.2, 0) is 27.9 Å². The molecule has 3 aromatic heterocycles. The predicted molar refractivity (Wildman–Crippen MR) is 570 cm³/mol. The second-order valence-electron chi connectivity index (χ2n) is 38.6.